The fourth-order valence-corrected chi connectivity index (χ4v) is 2.76. The third-order valence-corrected chi connectivity index (χ3v) is 4.06. The Morgan fingerprint density at radius 2 is 1.86 bits per heavy atom. The number of piperazine rings is 1. The predicted molar refractivity (Wildman–Crippen MR) is 81.7 cm³/mol. The minimum Gasteiger partial charge on any atom is -0.351 e. The largest absolute Gasteiger partial charge is 0.351 e. The second kappa shape index (κ2) is 5.33. The van der Waals surface area contributed by atoms with Gasteiger partial charge < -0.3 is 14.8 Å². The van der Waals surface area contributed by atoms with Gasteiger partial charge in [0.15, 0.2) is 5.78 Å². The molecule has 5 heteroatoms. The lowest BCUT2D eigenvalue weighted by Crippen LogP contribution is -2.47. The van der Waals surface area contributed by atoms with Gasteiger partial charge in [-0.1, -0.05) is 12.1 Å². The average molecular weight is 285 g/mol. The first kappa shape index (κ1) is 13.8. The number of carbonyl (C=O) groups is 2. The lowest BCUT2D eigenvalue weighted by Gasteiger charge is -2.32. The fraction of sp³-hybridized carbons (Fsp3) is 0.375. The van der Waals surface area contributed by atoms with Crippen LogP contribution in [-0.2, 0) is 0 Å². The summed E-state index contributed by atoms with van der Waals surface area (Å²) in [6.45, 7) is 4.81. The zero-order valence-corrected chi connectivity index (χ0v) is 12.3. The summed E-state index contributed by atoms with van der Waals surface area (Å²) >= 11 is 0. The van der Waals surface area contributed by atoms with Gasteiger partial charge >= 0.3 is 0 Å². The molecule has 5 nitrogen and oxygen atoms in total. The first-order valence-electron chi connectivity index (χ1n) is 7.17. The number of carbonyl (C=O) groups excluding carboxylic acids is 2. The zero-order chi connectivity index (χ0) is 15.0. The van der Waals surface area contributed by atoms with Crippen molar-refractivity contribution in [1.29, 1.82) is 0 Å². The average Bonchev–Trinajstić information content (AvgIpc) is 2.90. The third-order valence-electron chi connectivity index (χ3n) is 4.06. The highest BCUT2D eigenvalue weighted by molar-refractivity contribution is 6.09. The molecule has 2 aromatic rings. The van der Waals surface area contributed by atoms with E-state index in [9.17, 15) is 9.59 Å². The Hall–Kier alpha value is -2.14. The maximum atomic E-state index is 12.5. The van der Waals surface area contributed by atoms with Crippen LogP contribution in [0.15, 0.2) is 24.3 Å². The van der Waals surface area contributed by atoms with Crippen molar-refractivity contribution in [3.8, 4) is 0 Å². The second-order valence-corrected chi connectivity index (χ2v) is 5.60. The minimum atomic E-state index is 0.00815. The Labute approximate surface area is 123 Å². The Kier molecular flexibility index (Phi) is 3.51. The van der Waals surface area contributed by atoms with Crippen LogP contribution in [-0.4, -0.2) is 59.7 Å². The Bertz CT molecular complexity index is 697. The molecule has 0 unspecified atom stereocenters. The normalized spacial score (nSPS) is 16.4. The van der Waals surface area contributed by atoms with Crippen molar-refractivity contribution < 1.29 is 9.59 Å². The highest BCUT2D eigenvalue weighted by Gasteiger charge is 2.22. The molecule has 1 N–H and O–H groups in total. The number of aromatic nitrogens is 1. The maximum Gasteiger partial charge on any atom is 0.270 e. The van der Waals surface area contributed by atoms with Gasteiger partial charge in [0.25, 0.3) is 5.91 Å². The number of nitrogens with one attached hydrogen (secondary N) is 1. The topological polar surface area (TPSA) is 56.4 Å². The van der Waals surface area contributed by atoms with Crippen molar-refractivity contribution in [2.75, 3.05) is 33.2 Å². The number of benzene rings is 1. The zero-order valence-electron chi connectivity index (χ0n) is 12.3. The molecule has 2 heterocycles. The number of ketones is 1. The van der Waals surface area contributed by atoms with Gasteiger partial charge in [0.05, 0.1) is 0 Å². The van der Waals surface area contributed by atoms with Crippen LogP contribution in [0.1, 0.15) is 27.8 Å². The van der Waals surface area contributed by atoms with Gasteiger partial charge in [-0.2, -0.15) is 0 Å². The number of aromatic amines is 1. The quantitative estimate of drug-likeness (QED) is 0.855. The number of amides is 1. The van der Waals surface area contributed by atoms with Crippen LogP contribution < -0.4 is 0 Å². The first-order valence-corrected chi connectivity index (χ1v) is 7.17. The van der Waals surface area contributed by atoms with E-state index in [1.807, 2.05) is 17.0 Å². The minimum absolute atomic E-state index is 0.00815. The molecule has 1 saturated heterocycles. The predicted octanol–water partition coefficient (Wildman–Crippen LogP) is 1.76. The Morgan fingerprint density at radius 3 is 2.52 bits per heavy atom. The Balaban J connectivity index is 1.92. The van der Waals surface area contributed by atoms with Crippen molar-refractivity contribution in [3.63, 3.8) is 0 Å². The van der Waals surface area contributed by atoms with E-state index in [2.05, 4.69) is 16.9 Å². The molecule has 110 valence electrons. The standard InChI is InChI=1S/C16H19N3O2/c1-11(20)12-4-3-5-14-13(12)10-15(17-14)16(21)19-8-6-18(2)7-9-19/h3-5,10,17H,6-9H2,1-2H3. The Morgan fingerprint density at radius 1 is 1.14 bits per heavy atom. The van der Waals surface area contributed by atoms with Crippen LogP contribution in [0.4, 0.5) is 0 Å². The van der Waals surface area contributed by atoms with E-state index in [0.29, 0.717) is 11.3 Å². The van der Waals surface area contributed by atoms with Gasteiger partial charge in [-0.05, 0) is 26.1 Å². The van der Waals surface area contributed by atoms with Gasteiger partial charge in [-0.15, -0.1) is 0 Å². The maximum absolute atomic E-state index is 12.5. The molecular weight excluding hydrogens is 266 g/mol. The van der Waals surface area contributed by atoms with E-state index >= 15 is 0 Å². The van der Waals surface area contributed by atoms with Gasteiger partial charge in [0.2, 0.25) is 0 Å². The molecular formula is C16H19N3O2. The van der Waals surface area contributed by atoms with Gasteiger partial charge in [0.1, 0.15) is 5.69 Å². The number of nitrogens with zero attached hydrogens (tertiary/aromatic N) is 2. The lowest BCUT2D eigenvalue weighted by atomic mass is 10.1. The van der Waals surface area contributed by atoms with Crippen LogP contribution in [0.3, 0.4) is 0 Å². The van der Waals surface area contributed by atoms with Crippen molar-refractivity contribution in [3.05, 3.63) is 35.5 Å². The van der Waals surface area contributed by atoms with Crippen LogP contribution in [0.5, 0.6) is 0 Å². The second-order valence-electron chi connectivity index (χ2n) is 5.60. The summed E-state index contributed by atoms with van der Waals surface area (Å²) in [7, 11) is 2.06. The van der Waals surface area contributed by atoms with E-state index in [4.69, 9.17) is 0 Å². The molecule has 0 radical (unpaired) electrons. The van der Waals surface area contributed by atoms with Crippen LogP contribution >= 0.6 is 0 Å². The fourth-order valence-electron chi connectivity index (χ4n) is 2.76. The van der Waals surface area contributed by atoms with E-state index in [1.165, 1.54) is 0 Å². The molecule has 21 heavy (non-hydrogen) atoms. The van der Waals surface area contributed by atoms with E-state index < -0.39 is 0 Å². The number of Topliss-reactive ketones (excluding diaryl/α,β-unsaturated/α-hetero) is 1. The molecule has 1 aromatic carbocycles. The van der Waals surface area contributed by atoms with Gasteiger partial charge in [0, 0.05) is 42.6 Å². The highest BCUT2D eigenvalue weighted by Crippen LogP contribution is 2.21. The summed E-state index contributed by atoms with van der Waals surface area (Å²) in [5.74, 6) is 0.0204. The molecule has 3 rings (SSSR count). The summed E-state index contributed by atoms with van der Waals surface area (Å²) in [6.07, 6.45) is 0. The monoisotopic (exact) mass is 285 g/mol. The lowest BCUT2D eigenvalue weighted by molar-refractivity contribution is 0.0659. The van der Waals surface area contributed by atoms with Crippen molar-refractivity contribution in [1.82, 2.24) is 14.8 Å². The van der Waals surface area contributed by atoms with Crippen LogP contribution in [0.25, 0.3) is 10.9 Å². The molecule has 1 aliphatic rings. The highest BCUT2D eigenvalue weighted by atomic mass is 16.2. The number of fused-ring (bicyclic) bond motifs is 1. The molecule has 1 aliphatic heterocycles. The number of rotatable bonds is 2. The smallest absolute Gasteiger partial charge is 0.270 e. The molecule has 0 saturated carbocycles. The van der Waals surface area contributed by atoms with E-state index in [1.54, 1.807) is 19.1 Å². The number of hydrogen-bond acceptors (Lipinski definition) is 3. The molecule has 0 aliphatic carbocycles. The van der Waals surface area contributed by atoms with Crippen molar-refractivity contribution in [2.24, 2.45) is 0 Å². The molecule has 1 fully saturated rings. The molecule has 0 bridgehead atoms. The third kappa shape index (κ3) is 2.56. The molecule has 1 aromatic heterocycles. The molecule has 1 amide bonds. The molecule has 0 atom stereocenters. The summed E-state index contributed by atoms with van der Waals surface area (Å²) in [5, 5.41) is 0.822. The first-order chi connectivity index (χ1) is 10.1. The molecule has 0 spiro atoms. The van der Waals surface area contributed by atoms with Gasteiger partial charge in [-0.3, -0.25) is 9.59 Å². The van der Waals surface area contributed by atoms with Gasteiger partial charge in [-0.25, -0.2) is 0 Å². The number of hydrogen-bond donors (Lipinski definition) is 1. The summed E-state index contributed by atoms with van der Waals surface area (Å²) in [6, 6.07) is 7.32. The van der Waals surface area contributed by atoms with Crippen LogP contribution in [0.2, 0.25) is 0 Å². The number of H-pyrrole nitrogens is 1. The number of likely N-dealkylation sites (N-methyl/N-ethyl adjacent to an activating group) is 1. The summed E-state index contributed by atoms with van der Waals surface area (Å²) in [5.41, 5.74) is 2.05. The summed E-state index contributed by atoms with van der Waals surface area (Å²) in [4.78, 5) is 31.4. The summed E-state index contributed by atoms with van der Waals surface area (Å²) < 4.78 is 0. The van der Waals surface area contributed by atoms with Crippen LogP contribution in [0, 0.1) is 0 Å². The van der Waals surface area contributed by atoms with E-state index in [-0.39, 0.29) is 11.7 Å². The van der Waals surface area contributed by atoms with Crippen molar-refractivity contribution in [2.45, 2.75) is 6.92 Å². The van der Waals surface area contributed by atoms with Crippen molar-refractivity contribution >= 4 is 22.6 Å². The SMILES string of the molecule is CC(=O)c1cccc2[nH]c(C(=O)N3CCN(C)CC3)cc12. The van der Waals surface area contributed by atoms with E-state index in [0.717, 1.165) is 37.1 Å².